The quantitative estimate of drug-likeness (QED) is 0.785. The van der Waals surface area contributed by atoms with E-state index in [0.717, 1.165) is 45.6 Å². The Morgan fingerprint density at radius 1 is 1.00 bits per heavy atom. The van der Waals surface area contributed by atoms with Crippen LogP contribution in [0.3, 0.4) is 0 Å². The number of aliphatic hydroxyl groups is 1. The zero-order chi connectivity index (χ0) is 13.5. The fourth-order valence-corrected chi connectivity index (χ4v) is 3.56. The second-order valence-electron chi connectivity index (χ2n) is 5.90. The van der Waals surface area contributed by atoms with E-state index in [9.17, 15) is 5.26 Å². The van der Waals surface area contributed by atoms with Crippen LogP contribution in [-0.4, -0.2) is 60.3 Å². The molecule has 108 valence electrons. The summed E-state index contributed by atoms with van der Waals surface area (Å²) in [6.45, 7) is 5.34. The van der Waals surface area contributed by atoms with Crippen molar-refractivity contribution in [1.82, 2.24) is 9.80 Å². The lowest BCUT2D eigenvalue weighted by Crippen LogP contribution is -2.42. The molecule has 19 heavy (non-hydrogen) atoms. The summed E-state index contributed by atoms with van der Waals surface area (Å²) in [7, 11) is 0. The number of rotatable bonds is 3. The van der Waals surface area contributed by atoms with Crippen LogP contribution in [-0.2, 0) is 0 Å². The van der Waals surface area contributed by atoms with Gasteiger partial charge in [0, 0.05) is 25.7 Å². The first-order valence-electron chi connectivity index (χ1n) is 7.82. The Hall–Kier alpha value is -0.630. The van der Waals surface area contributed by atoms with Gasteiger partial charge >= 0.3 is 0 Å². The van der Waals surface area contributed by atoms with E-state index in [1.807, 2.05) is 0 Å². The molecule has 2 aliphatic rings. The SMILES string of the molecule is N#CC1CCCCCC1N1CCCN(CCO)CC1. The van der Waals surface area contributed by atoms with Crippen LogP contribution in [0, 0.1) is 17.2 Å². The average Bonchev–Trinajstić information content (AvgIpc) is 2.78. The van der Waals surface area contributed by atoms with Crippen molar-refractivity contribution in [2.24, 2.45) is 5.92 Å². The van der Waals surface area contributed by atoms with E-state index >= 15 is 0 Å². The zero-order valence-electron chi connectivity index (χ0n) is 11.9. The van der Waals surface area contributed by atoms with E-state index in [-0.39, 0.29) is 12.5 Å². The Kier molecular flexibility index (Phi) is 6.09. The van der Waals surface area contributed by atoms with Crippen molar-refractivity contribution in [2.75, 3.05) is 39.3 Å². The maximum Gasteiger partial charge on any atom is 0.0672 e. The summed E-state index contributed by atoms with van der Waals surface area (Å²) in [6, 6.07) is 3.03. The Labute approximate surface area is 117 Å². The predicted octanol–water partition coefficient (Wildman–Crippen LogP) is 1.46. The van der Waals surface area contributed by atoms with Gasteiger partial charge in [-0.05, 0) is 32.4 Å². The lowest BCUT2D eigenvalue weighted by molar-refractivity contribution is 0.152. The molecule has 0 aromatic rings. The van der Waals surface area contributed by atoms with E-state index < -0.39 is 0 Å². The molecule has 2 atom stereocenters. The first-order chi connectivity index (χ1) is 9.35. The maximum atomic E-state index is 9.40. The summed E-state index contributed by atoms with van der Waals surface area (Å²) in [4.78, 5) is 4.90. The molecule has 0 radical (unpaired) electrons. The van der Waals surface area contributed by atoms with Crippen molar-refractivity contribution in [2.45, 2.75) is 44.6 Å². The van der Waals surface area contributed by atoms with Crippen LogP contribution in [0.5, 0.6) is 0 Å². The molecule has 0 aromatic heterocycles. The molecule has 0 spiro atoms. The largest absolute Gasteiger partial charge is 0.395 e. The van der Waals surface area contributed by atoms with Crippen molar-refractivity contribution in [1.29, 1.82) is 5.26 Å². The Morgan fingerprint density at radius 3 is 2.63 bits per heavy atom. The fraction of sp³-hybridized carbons (Fsp3) is 0.933. The van der Waals surface area contributed by atoms with Crippen LogP contribution in [0.2, 0.25) is 0 Å². The molecule has 1 aliphatic carbocycles. The van der Waals surface area contributed by atoms with Gasteiger partial charge in [0.2, 0.25) is 0 Å². The van der Waals surface area contributed by atoms with Crippen LogP contribution in [0.25, 0.3) is 0 Å². The van der Waals surface area contributed by atoms with Gasteiger partial charge in [0.25, 0.3) is 0 Å². The molecular weight excluding hydrogens is 238 g/mol. The van der Waals surface area contributed by atoms with E-state index in [0.29, 0.717) is 6.04 Å². The van der Waals surface area contributed by atoms with Crippen LogP contribution in [0.1, 0.15) is 38.5 Å². The minimum absolute atomic E-state index is 0.229. The molecule has 0 amide bonds. The third-order valence-electron chi connectivity index (χ3n) is 4.65. The van der Waals surface area contributed by atoms with Crippen LogP contribution in [0.4, 0.5) is 0 Å². The fourth-order valence-electron chi connectivity index (χ4n) is 3.56. The highest BCUT2D eigenvalue weighted by molar-refractivity contribution is 4.95. The van der Waals surface area contributed by atoms with Gasteiger partial charge in [0.05, 0.1) is 18.6 Å². The van der Waals surface area contributed by atoms with E-state index in [1.54, 1.807) is 0 Å². The first-order valence-corrected chi connectivity index (χ1v) is 7.82. The van der Waals surface area contributed by atoms with Crippen LogP contribution < -0.4 is 0 Å². The Balaban J connectivity index is 1.93. The lowest BCUT2D eigenvalue weighted by Gasteiger charge is -2.32. The maximum absolute atomic E-state index is 9.40. The molecule has 1 N–H and O–H groups in total. The molecule has 2 unspecified atom stereocenters. The summed E-state index contributed by atoms with van der Waals surface area (Å²) in [5.74, 6) is 0.229. The molecule has 0 bridgehead atoms. The average molecular weight is 265 g/mol. The van der Waals surface area contributed by atoms with Gasteiger partial charge in [-0.1, -0.05) is 19.3 Å². The monoisotopic (exact) mass is 265 g/mol. The third-order valence-corrected chi connectivity index (χ3v) is 4.65. The normalized spacial score (nSPS) is 31.4. The number of hydrogen-bond donors (Lipinski definition) is 1. The number of nitrogens with zero attached hydrogens (tertiary/aromatic N) is 3. The molecule has 4 nitrogen and oxygen atoms in total. The Morgan fingerprint density at radius 2 is 1.84 bits per heavy atom. The summed E-state index contributed by atoms with van der Waals surface area (Å²) in [6.07, 6.45) is 7.23. The van der Waals surface area contributed by atoms with E-state index in [4.69, 9.17) is 5.11 Å². The molecule has 0 aromatic carbocycles. The number of hydrogen-bond acceptors (Lipinski definition) is 4. The molecule has 2 rings (SSSR count). The Bertz CT molecular complexity index is 302. The molecule has 1 heterocycles. The molecule has 1 saturated carbocycles. The van der Waals surface area contributed by atoms with Crippen molar-refractivity contribution < 1.29 is 5.11 Å². The second-order valence-corrected chi connectivity index (χ2v) is 5.90. The molecule has 4 heteroatoms. The predicted molar refractivity (Wildman–Crippen MR) is 75.7 cm³/mol. The van der Waals surface area contributed by atoms with Crippen LogP contribution in [0.15, 0.2) is 0 Å². The smallest absolute Gasteiger partial charge is 0.0672 e. The van der Waals surface area contributed by atoms with Gasteiger partial charge in [-0.3, -0.25) is 9.80 Å². The topological polar surface area (TPSA) is 50.5 Å². The van der Waals surface area contributed by atoms with Crippen molar-refractivity contribution in [3.63, 3.8) is 0 Å². The van der Waals surface area contributed by atoms with Gasteiger partial charge in [-0.15, -0.1) is 0 Å². The highest BCUT2D eigenvalue weighted by Gasteiger charge is 2.29. The number of β-amino-alcohol motifs (C(OH)–C–C–N with tert-alkyl or cyclic N) is 1. The third kappa shape index (κ3) is 4.17. The van der Waals surface area contributed by atoms with E-state index in [1.165, 1.54) is 25.7 Å². The molecular formula is C15H27N3O. The van der Waals surface area contributed by atoms with Gasteiger partial charge in [0.1, 0.15) is 0 Å². The summed E-state index contributed by atoms with van der Waals surface area (Å²) in [5.41, 5.74) is 0. The second kappa shape index (κ2) is 7.84. The van der Waals surface area contributed by atoms with Gasteiger partial charge < -0.3 is 5.11 Å². The standard InChI is InChI=1S/C15H27N3O/c16-13-14-5-2-1-3-6-15(14)18-8-4-7-17(9-10-18)11-12-19/h14-15,19H,1-12H2. The number of aliphatic hydroxyl groups excluding tert-OH is 1. The van der Waals surface area contributed by atoms with Crippen molar-refractivity contribution in [3.8, 4) is 6.07 Å². The van der Waals surface area contributed by atoms with Crippen molar-refractivity contribution >= 4 is 0 Å². The highest BCUT2D eigenvalue weighted by atomic mass is 16.3. The lowest BCUT2D eigenvalue weighted by atomic mass is 9.94. The number of nitriles is 1. The summed E-state index contributed by atoms with van der Waals surface area (Å²) < 4.78 is 0. The minimum Gasteiger partial charge on any atom is -0.395 e. The summed E-state index contributed by atoms with van der Waals surface area (Å²) in [5, 5.41) is 18.4. The van der Waals surface area contributed by atoms with Gasteiger partial charge in [-0.2, -0.15) is 5.26 Å². The van der Waals surface area contributed by atoms with E-state index in [2.05, 4.69) is 15.9 Å². The molecule has 1 saturated heterocycles. The van der Waals surface area contributed by atoms with Crippen molar-refractivity contribution in [3.05, 3.63) is 0 Å². The van der Waals surface area contributed by atoms with Gasteiger partial charge in [0.15, 0.2) is 0 Å². The molecule has 2 fully saturated rings. The summed E-state index contributed by atoms with van der Waals surface area (Å²) >= 11 is 0. The zero-order valence-corrected chi connectivity index (χ0v) is 11.9. The van der Waals surface area contributed by atoms with Crippen LogP contribution >= 0.6 is 0 Å². The van der Waals surface area contributed by atoms with Gasteiger partial charge in [-0.25, -0.2) is 0 Å². The minimum atomic E-state index is 0.229. The molecule has 1 aliphatic heterocycles. The first kappa shape index (κ1) is 14.8. The highest BCUT2D eigenvalue weighted by Crippen LogP contribution is 2.27.